The van der Waals surface area contributed by atoms with Crippen molar-refractivity contribution in [2.75, 3.05) is 26.2 Å². The van der Waals surface area contributed by atoms with Crippen LogP contribution in [0.4, 0.5) is 0 Å². The molecule has 0 amide bonds. The molecule has 1 unspecified atom stereocenters. The maximum absolute atomic E-state index is 3.78. The van der Waals surface area contributed by atoms with Gasteiger partial charge in [-0.15, -0.1) is 0 Å². The van der Waals surface area contributed by atoms with E-state index in [1.54, 1.807) is 0 Å². The van der Waals surface area contributed by atoms with E-state index in [9.17, 15) is 0 Å². The SMILES string of the molecule is CC(C)CC1CN(CC2(CC(C)C)CCCC2)CCCN1. The summed E-state index contributed by atoms with van der Waals surface area (Å²) in [5, 5.41) is 3.78. The Morgan fingerprint density at radius 3 is 2.38 bits per heavy atom. The van der Waals surface area contributed by atoms with Crippen LogP contribution in [-0.4, -0.2) is 37.1 Å². The fourth-order valence-corrected chi connectivity index (χ4v) is 4.84. The zero-order valence-corrected chi connectivity index (χ0v) is 15.0. The molecular weight excluding hydrogens is 256 g/mol. The highest BCUT2D eigenvalue weighted by Gasteiger charge is 2.36. The first kappa shape index (κ1) is 17.3. The van der Waals surface area contributed by atoms with Crippen molar-refractivity contribution in [2.24, 2.45) is 17.3 Å². The molecule has 0 aromatic carbocycles. The van der Waals surface area contributed by atoms with Gasteiger partial charge >= 0.3 is 0 Å². The lowest BCUT2D eigenvalue weighted by Gasteiger charge is -2.37. The van der Waals surface area contributed by atoms with Gasteiger partial charge < -0.3 is 10.2 Å². The van der Waals surface area contributed by atoms with Crippen LogP contribution >= 0.6 is 0 Å². The van der Waals surface area contributed by atoms with E-state index < -0.39 is 0 Å². The van der Waals surface area contributed by atoms with Crippen LogP contribution in [-0.2, 0) is 0 Å². The monoisotopic (exact) mass is 294 g/mol. The van der Waals surface area contributed by atoms with Gasteiger partial charge in [-0.1, -0.05) is 40.5 Å². The lowest BCUT2D eigenvalue weighted by atomic mass is 9.78. The maximum atomic E-state index is 3.78. The molecule has 1 N–H and O–H groups in total. The van der Waals surface area contributed by atoms with Gasteiger partial charge in [-0.05, 0) is 62.4 Å². The highest BCUT2D eigenvalue weighted by molar-refractivity contribution is 4.90. The Hall–Kier alpha value is -0.0800. The molecule has 0 aromatic rings. The third-order valence-corrected chi connectivity index (χ3v) is 5.38. The Balaban J connectivity index is 1.94. The minimum Gasteiger partial charge on any atom is -0.313 e. The summed E-state index contributed by atoms with van der Waals surface area (Å²) in [6.07, 6.45) is 9.97. The highest BCUT2D eigenvalue weighted by atomic mass is 15.2. The molecule has 2 fully saturated rings. The maximum Gasteiger partial charge on any atom is 0.0197 e. The lowest BCUT2D eigenvalue weighted by Crippen LogP contribution is -2.43. The second-order valence-electron chi connectivity index (χ2n) is 8.67. The molecule has 21 heavy (non-hydrogen) atoms. The van der Waals surface area contributed by atoms with E-state index in [2.05, 4.69) is 37.9 Å². The van der Waals surface area contributed by atoms with Crippen LogP contribution in [0.15, 0.2) is 0 Å². The Morgan fingerprint density at radius 2 is 1.76 bits per heavy atom. The molecular formula is C19H38N2. The molecule has 0 bridgehead atoms. The van der Waals surface area contributed by atoms with Crippen LogP contribution < -0.4 is 5.32 Å². The predicted octanol–water partition coefficient (Wildman–Crippen LogP) is 4.30. The van der Waals surface area contributed by atoms with Crippen molar-refractivity contribution >= 4 is 0 Å². The number of rotatable bonds is 6. The average molecular weight is 295 g/mol. The Labute approximate surface area is 133 Å². The summed E-state index contributed by atoms with van der Waals surface area (Å²) < 4.78 is 0. The van der Waals surface area contributed by atoms with Gasteiger partial charge in [0.2, 0.25) is 0 Å². The quantitative estimate of drug-likeness (QED) is 0.785. The van der Waals surface area contributed by atoms with Crippen molar-refractivity contribution in [3.8, 4) is 0 Å². The largest absolute Gasteiger partial charge is 0.313 e. The minimum absolute atomic E-state index is 0.640. The van der Waals surface area contributed by atoms with Gasteiger partial charge in [0.25, 0.3) is 0 Å². The van der Waals surface area contributed by atoms with Crippen molar-refractivity contribution in [2.45, 2.75) is 78.7 Å². The fraction of sp³-hybridized carbons (Fsp3) is 1.00. The summed E-state index contributed by atoms with van der Waals surface area (Å²) in [7, 11) is 0. The van der Waals surface area contributed by atoms with Crippen molar-refractivity contribution in [1.82, 2.24) is 10.2 Å². The molecule has 1 heterocycles. The number of nitrogens with zero attached hydrogens (tertiary/aromatic N) is 1. The molecule has 1 aliphatic heterocycles. The summed E-state index contributed by atoms with van der Waals surface area (Å²) in [4.78, 5) is 2.81. The number of hydrogen-bond donors (Lipinski definition) is 1. The molecule has 1 aliphatic carbocycles. The van der Waals surface area contributed by atoms with E-state index in [0.717, 1.165) is 11.8 Å². The number of nitrogens with one attached hydrogen (secondary N) is 1. The fourth-order valence-electron chi connectivity index (χ4n) is 4.84. The second-order valence-corrected chi connectivity index (χ2v) is 8.67. The van der Waals surface area contributed by atoms with E-state index in [0.29, 0.717) is 11.5 Å². The Bertz CT molecular complexity index is 292. The Morgan fingerprint density at radius 1 is 1.05 bits per heavy atom. The second kappa shape index (κ2) is 7.97. The topological polar surface area (TPSA) is 15.3 Å². The predicted molar refractivity (Wildman–Crippen MR) is 92.7 cm³/mol. The summed E-state index contributed by atoms with van der Waals surface area (Å²) in [5.74, 6) is 1.65. The summed E-state index contributed by atoms with van der Waals surface area (Å²) >= 11 is 0. The van der Waals surface area contributed by atoms with Crippen molar-refractivity contribution in [3.63, 3.8) is 0 Å². The zero-order valence-electron chi connectivity index (χ0n) is 15.0. The van der Waals surface area contributed by atoms with Crippen LogP contribution in [0.5, 0.6) is 0 Å². The highest BCUT2D eigenvalue weighted by Crippen LogP contribution is 2.43. The van der Waals surface area contributed by atoms with Crippen LogP contribution in [0.2, 0.25) is 0 Å². The van der Waals surface area contributed by atoms with Crippen LogP contribution in [0.3, 0.4) is 0 Å². The molecule has 1 saturated heterocycles. The molecule has 0 spiro atoms. The van der Waals surface area contributed by atoms with Crippen molar-refractivity contribution < 1.29 is 0 Å². The van der Waals surface area contributed by atoms with E-state index in [1.165, 1.54) is 71.1 Å². The normalized spacial score (nSPS) is 27.4. The minimum atomic E-state index is 0.640. The summed E-state index contributed by atoms with van der Waals surface area (Å²) in [6.45, 7) is 14.7. The van der Waals surface area contributed by atoms with E-state index >= 15 is 0 Å². The van der Waals surface area contributed by atoms with Crippen LogP contribution in [0.1, 0.15) is 72.6 Å². The summed E-state index contributed by atoms with van der Waals surface area (Å²) in [6, 6.07) is 0.713. The molecule has 1 atom stereocenters. The lowest BCUT2D eigenvalue weighted by molar-refractivity contribution is 0.124. The molecule has 2 rings (SSSR count). The molecule has 0 aromatic heterocycles. The molecule has 0 radical (unpaired) electrons. The third kappa shape index (κ3) is 5.56. The zero-order chi connectivity index (χ0) is 15.3. The van der Waals surface area contributed by atoms with Gasteiger partial charge in [-0.3, -0.25) is 0 Å². The van der Waals surface area contributed by atoms with Gasteiger partial charge in [-0.2, -0.15) is 0 Å². The van der Waals surface area contributed by atoms with E-state index in [4.69, 9.17) is 0 Å². The molecule has 124 valence electrons. The molecule has 2 aliphatic rings. The molecule has 1 saturated carbocycles. The van der Waals surface area contributed by atoms with E-state index in [1.807, 2.05) is 0 Å². The Kier molecular flexibility index (Phi) is 6.55. The van der Waals surface area contributed by atoms with Gasteiger partial charge in [0.15, 0.2) is 0 Å². The van der Waals surface area contributed by atoms with Crippen molar-refractivity contribution in [3.05, 3.63) is 0 Å². The van der Waals surface area contributed by atoms with Crippen LogP contribution in [0.25, 0.3) is 0 Å². The van der Waals surface area contributed by atoms with Gasteiger partial charge in [0, 0.05) is 19.1 Å². The average Bonchev–Trinajstić information content (AvgIpc) is 2.69. The van der Waals surface area contributed by atoms with Crippen molar-refractivity contribution in [1.29, 1.82) is 0 Å². The van der Waals surface area contributed by atoms with Gasteiger partial charge in [0.05, 0.1) is 0 Å². The molecule has 2 nitrogen and oxygen atoms in total. The first-order valence-corrected chi connectivity index (χ1v) is 9.45. The molecule has 2 heteroatoms. The van der Waals surface area contributed by atoms with Crippen LogP contribution in [0, 0.1) is 17.3 Å². The first-order valence-electron chi connectivity index (χ1n) is 9.45. The third-order valence-electron chi connectivity index (χ3n) is 5.38. The number of hydrogen-bond acceptors (Lipinski definition) is 2. The first-order chi connectivity index (χ1) is 9.99. The van der Waals surface area contributed by atoms with E-state index in [-0.39, 0.29) is 0 Å². The smallest absolute Gasteiger partial charge is 0.0197 e. The summed E-state index contributed by atoms with van der Waals surface area (Å²) in [5.41, 5.74) is 0.640. The standard InChI is InChI=1S/C19H38N2/c1-16(2)12-18-14-21(11-7-10-20-18)15-19(13-17(3)4)8-5-6-9-19/h16-18,20H,5-15H2,1-4H3. The van der Waals surface area contributed by atoms with Gasteiger partial charge in [0.1, 0.15) is 0 Å². The van der Waals surface area contributed by atoms with Gasteiger partial charge in [-0.25, -0.2) is 0 Å².